The fourth-order valence-electron chi connectivity index (χ4n) is 4.87. The largest absolute Gasteiger partial charge is 0.364 e. The number of halogens is 2. The average molecular weight is 522 g/mol. The average Bonchev–Trinajstić information content (AvgIpc) is 3.30. The number of fused-ring (bicyclic) bond motifs is 1. The van der Waals surface area contributed by atoms with Gasteiger partial charge in [0.15, 0.2) is 11.3 Å². The molecule has 7 nitrogen and oxygen atoms in total. The molecule has 0 saturated carbocycles. The summed E-state index contributed by atoms with van der Waals surface area (Å²) < 4.78 is 14.7. The second-order valence-corrected chi connectivity index (χ2v) is 9.20. The van der Waals surface area contributed by atoms with Crippen molar-refractivity contribution in [3.8, 4) is 11.1 Å². The van der Waals surface area contributed by atoms with Crippen LogP contribution in [0.5, 0.6) is 0 Å². The molecule has 192 valence electrons. The van der Waals surface area contributed by atoms with E-state index in [4.69, 9.17) is 5.73 Å². The van der Waals surface area contributed by atoms with E-state index in [-0.39, 0.29) is 29.5 Å². The molecule has 1 amide bonds. The predicted octanol–water partition coefficient (Wildman–Crippen LogP) is 4.38. The highest BCUT2D eigenvalue weighted by Gasteiger charge is 2.19. The first-order valence-electron chi connectivity index (χ1n) is 12.1. The number of hydrogen-bond donors (Lipinski definition) is 2. The molecule has 0 bridgehead atoms. The fraction of sp³-hybridized carbons (Fsp3) is 0.250. The Kier molecular flexibility index (Phi) is 7.90. The SMILES string of the molecule is Cc1[nH]c2c(C(N)=O)ncn2c(=O)c1CCN1CCC(=Cc2ccccc2-c2ccc(F)cc2)CC1.Cl. The first kappa shape index (κ1) is 26.3. The number of likely N-dealkylation sites (tertiary alicyclic amines) is 1. The van der Waals surface area contributed by atoms with E-state index in [1.807, 2.05) is 31.2 Å². The zero-order chi connectivity index (χ0) is 25.2. The van der Waals surface area contributed by atoms with Gasteiger partial charge in [0.05, 0.1) is 0 Å². The standard InChI is InChI=1S/C28H28FN5O2.ClH/c1-18-23(28(36)34-17-31-25(26(30)35)27(34)32-18)12-15-33-13-10-19(11-14-33)16-21-4-2-3-5-24(21)20-6-8-22(29)9-7-20;/h2-9,16-17,32H,10-15H2,1H3,(H2,30,35);1H. The molecule has 0 spiro atoms. The molecule has 0 radical (unpaired) electrons. The van der Waals surface area contributed by atoms with Crippen molar-refractivity contribution in [2.45, 2.75) is 26.2 Å². The van der Waals surface area contributed by atoms with E-state index in [2.05, 4.69) is 33.1 Å². The smallest absolute Gasteiger partial charge is 0.271 e. The van der Waals surface area contributed by atoms with Gasteiger partial charge in [-0.05, 0) is 55.0 Å². The molecule has 3 N–H and O–H groups in total. The van der Waals surface area contributed by atoms with Crippen LogP contribution >= 0.6 is 12.4 Å². The summed E-state index contributed by atoms with van der Waals surface area (Å²) in [4.78, 5) is 34.0. The molecule has 4 aromatic rings. The Labute approximate surface area is 220 Å². The molecular formula is C28H29ClFN5O2. The van der Waals surface area contributed by atoms with Gasteiger partial charge in [0.2, 0.25) is 0 Å². The van der Waals surface area contributed by atoms with Crippen molar-refractivity contribution in [1.29, 1.82) is 0 Å². The summed E-state index contributed by atoms with van der Waals surface area (Å²) in [5.41, 5.74) is 11.6. The number of hydrogen-bond acceptors (Lipinski definition) is 4. The molecule has 0 aliphatic carbocycles. The number of nitrogens with zero attached hydrogens (tertiary/aromatic N) is 3. The number of benzene rings is 2. The molecule has 1 aliphatic heterocycles. The zero-order valence-corrected chi connectivity index (χ0v) is 21.4. The van der Waals surface area contributed by atoms with Gasteiger partial charge in [-0.2, -0.15) is 0 Å². The third-order valence-electron chi connectivity index (χ3n) is 6.89. The van der Waals surface area contributed by atoms with E-state index in [1.165, 1.54) is 28.4 Å². The number of nitrogens with two attached hydrogens (primary N) is 1. The molecule has 1 aliphatic rings. The Morgan fingerprint density at radius 3 is 2.54 bits per heavy atom. The lowest BCUT2D eigenvalue weighted by molar-refractivity contribution is 0.0997. The van der Waals surface area contributed by atoms with Gasteiger partial charge >= 0.3 is 0 Å². The van der Waals surface area contributed by atoms with Gasteiger partial charge in [-0.15, -0.1) is 12.4 Å². The fourth-order valence-corrected chi connectivity index (χ4v) is 4.87. The Morgan fingerprint density at radius 1 is 1.14 bits per heavy atom. The van der Waals surface area contributed by atoms with Crippen LogP contribution in [-0.2, 0) is 6.42 Å². The number of nitrogens with one attached hydrogen (secondary N) is 1. The monoisotopic (exact) mass is 521 g/mol. The van der Waals surface area contributed by atoms with E-state index in [1.54, 1.807) is 0 Å². The van der Waals surface area contributed by atoms with Gasteiger partial charge in [-0.1, -0.05) is 48.0 Å². The minimum absolute atomic E-state index is 0. The molecule has 9 heteroatoms. The molecule has 0 unspecified atom stereocenters. The van der Waals surface area contributed by atoms with Crippen LogP contribution in [0.15, 0.2) is 65.2 Å². The molecule has 3 heterocycles. The highest BCUT2D eigenvalue weighted by Crippen LogP contribution is 2.28. The third kappa shape index (κ3) is 5.50. The van der Waals surface area contributed by atoms with Crippen molar-refractivity contribution in [3.05, 3.63) is 99.1 Å². The van der Waals surface area contributed by atoms with E-state index in [0.29, 0.717) is 17.6 Å². The van der Waals surface area contributed by atoms with Crippen molar-refractivity contribution in [2.24, 2.45) is 5.73 Å². The van der Waals surface area contributed by atoms with E-state index >= 15 is 0 Å². The minimum Gasteiger partial charge on any atom is -0.364 e. The van der Waals surface area contributed by atoms with E-state index in [0.717, 1.165) is 54.9 Å². The maximum atomic E-state index is 13.4. The quantitative estimate of drug-likeness (QED) is 0.393. The molecule has 1 saturated heterocycles. The van der Waals surface area contributed by atoms with Crippen LogP contribution in [0.25, 0.3) is 22.9 Å². The number of primary amides is 1. The molecular weight excluding hydrogens is 493 g/mol. The number of amides is 1. The highest BCUT2D eigenvalue weighted by molar-refractivity contribution is 5.96. The number of aromatic nitrogens is 3. The number of carbonyl (C=O) groups excluding carboxylic acids is 1. The number of carbonyl (C=O) groups is 1. The lowest BCUT2D eigenvalue weighted by atomic mass is 9.95. The van der Waals surface area contributed by atoms with Crippen LogP contribution in [0.2, 0.25) is 0 Å². The second-order valence-electron chi connectivity index (χ2n) is 9.20. The summed E-state index contributed by atoms with van der Waals surface area (Å²) >= 11 is 0. The number of aryl methyl sites for hydroxylation is 1. The lowest BCUT2D eigenvalue weighted by Gasteiger charge is -2.28. The molecule has 2 aromatic carbocycles. The normalized spacial score (nSPS) is 13.9. The van der Waals surface area contributed by atoms with Crippen LogP contribution in [0.3, 0.4) is 0 Å². The molecule has 37 heavy (non-hydrogen) atoms. The summed E-state index contributed by atoms with van der Waals surface area (Å²) in [6.07, 6.45) is 6.12. The van der Waals surface area contributed by atoms with Crippen LogP contribution in [0.4, 0.5) is 4.39 Å². The molecule has 5 rings (SSSR count). The van der Waals surface area contributed by atoms with E-state index < -0.39 is 5.91 Å². The Bertz CT molecular complexity index is 1510. The predicted molar refractivity (Wildman–Crippen MR) is 146 cm³/mol. The van der Waals surface area contributed by atoms with Gasteiger partial charge in [0.1, 0.15) is 12.1 Å². The van der Waals surface area contributed by atoms with Gasteiger partial charge in [0, 0.05) is 30.9 Å². The zero-order valence-electron chi connectivity index (χ0n) is 20.5. The minimum atomic E-state index is -0.669. The van der Waals surface area contributed by atoms with Gasteiger partial charge < -0.3 is 15.6 Å². The topological polar surface area (TPSA) is 96.5 Å². The van der Waals surface area contributed by atoms with Crippen molar-refractivity contribution < 1.29 is 9.18 Å². The number of aromatic amines is 1. The van der Waals surface area contributed by atoms with Crippen molar-refractivity contribution >= 4 is 30.0 Å². The van der Waals surface area contributed by atoms with Crippen LogP contribution in [0, 0.1) is 12.7 Å². The Balaban J connectivity index is 0.00000320. The number of H-pyrrole nitrogens is 1. The van der Waals surface area contributed by atoms with Crippen LogP contribution in [0.1, 0.15) is 40.2 Å². The number of rotatable bonds is 6. The first-order chi connectivity index (χ1) is 17.4. The summed E-state index contributed by atoms with van der Waals surface area (Å²) in [6, 6.07) is 14.8. The Hall–Kier alpha value is -3.75. The summed E-state index contributed by atoms with van der Waals surface area (Å²) in [7, 11) is 0. The maximum Gasteiger partial charge on any atom is 0.271 e. The maximum absolute atomic E-state index is 13.4. The van der Waals surface area contributed by atoms with Gasteiger partial charge in [0.25, 0.3) is 11.5 Å². The van der Waals surface area contributed by atoms with Crippen LogP contribution < -0.4 is 11.3 Å². The van der Waals surface area contributed by atoms with Gasteiger partial charge in [-0.25, -0.2) is 9.37 Å². The van der Waals surface area contributed by atoms with Crippen molar-refractivity contribution in [2.75, 3.05) is 19.6 Å². The second kappa shape index (κ2) is 11.1. The third-order valence-corrected chi connectivity index (χ3v) is 6.89. The highest BCUT2D eigenvalue weighted by atomic mass is 35.5. The van der Waals surface area contributed by atoms with E-state index in [9.17, 15) is 14.0 Å². The number of imidazole rings is 1. The molecule has 0 atom stereocenters. The molecule has 1 fully saturated rings. The summed E-state index contributed by atoms with van der Waals surface area (Å²) in [6.45, 7) is 4.44. The summed E-state index contributed by atoms with van der Waals surface area (Å²) in [5, 5.41) is 0. The summed E-state index contributed by atoms with van der Waals surface area (Å²) in [5.74, 6) is -0.905. The van der Waals surface area contributed by atoms with Crippen molar-refractivity contribution in [3.63, 3.8) is 0 Å². The van der Waals surface area contributed by atoms with Crippen molar-refractivity contribution in [1.82, 2.24) is 19.3 Å². The Morgan fingerprint density at radius 2 is 1.84 bits per heavy atom. The molecule has 2 aromatic heterocycles. The van der Waals surface area contributed by atoms with Crippen LogP contribution in [-0.4, -0.2) is 44.8 Å². The van der Waals surface area contributed by atoms with Gasteiger partial charge in [-0.3, -0.25) is 14.0 Å². The lowest BCUT2D eigenvalue weighted by Crippen LogP contribution is -2.34. The first-order valence-corrected chi connectivity index (χ1v) is 12.1. The number of piperidine rings is 1.